The number of hydrogen-bond donors (Lipinski definition) is 0. The number of amides is 1. The molecular formula is C13H16ClNO4S. The molecule has 0 radical (unpaired) electrons. The number of benzene rings is 1. The maximum Gasteiger partial charge on any atom is 0.232 e. The first-order valence-electron chi connectivity index (χ1n) is 6.21. The predicted octanol–water partition coefficient (Wildman–Crippen LogP) is 1.61. The van der Waals surface area contributed by atoms with Crippen LogP contribution < -0.4 is 4.74 Å². The van der Waals surface area contributed by atoms with E-state index in [1.165, 1.54) is 0 Å². The van der Waals surface area contributed by atoms with Crippen molar-refractivity contribution in [3.63, 3.8) is 0 Å². The van der Waals surface area contributed by atoms with Gasteiger partial charge in [0.2, 0.25) is 15.0 Å². The van der Waals surface area contributed by atoms with E-state index in [1.54, 1.807) is 12.0 Å². The summed E-state index contributed by atoms with van der Waals surface area (Å²) in [5.74, 6) is 0.262. The third-order valence-corrected chi connectivity index (χ3v) is 4.53. The van der Waals surface area contributed by atoms with Crippen LogP contribution in [0, 0.1) is 5.92 Å². The molecule has 0 bridgehead atoms. The van der Waals surface area contributed by atoms with Crippen LogP contribution in [0.4, 0.5) is 0 Å². The van der Waals surface area contributed by atoms with Gasteiger partial charge in [-0.25, -0.2) is 8.42 Å². The topological polar surface area (TPSA) is 63.7 Å². The van der Waals surface area contributed by atoms with Crippen molar-refractivity contribution in [3.8, 4) is 5.75 Å². The van der Waals surface area contributed by atoms with Crippen molar-refractivity contribution in [2.75, 3.05) is 19.4 Å². The second-order valence-electron chi connectivity index (χ2n) is 4.86. The highest BCUT2D eigenvalue weighted by Crippen LogP contribution is 2.25. The molecule has 0 N–H and O–H groups in total. The fourth-order valence-corrected chi connectivity index (χ4v) is 3.76. The monoisotopic (exact) mass is 317 g/mol. The normalized spacial score (nSPS) is 19.4. The first kappa shape index (κ1) is 15.1. The minimum Gasteiger partial charge on any atom is -0.496 e. The lowest BCUT2D eigenvalue weighted by molar-refractivity contribution is -0.128. The van der Waals surface area contributed by atoms with Crippen molar-refractivity contribution in [1.82, 2.24) is 4.90 Å². The van der Waals surface area contributed by atoms with Gasteiger partial charge in [-0.15, -0.1) is 0 Å². The highest BCUT2D eigenvalue weighted by atomic mass is 35.7. The number of carbonyl (C=O) groups is 1. The van der Waals surface area contributed by atoms with E-state index in [0.29, 0.717) is 18.8 Å². The van der Waals surface area contributed by atoms with Crippen molar-refractivity contribution in [2.24, 2.45) is 5.92 Å². The van der Waals surface area contributed by atoms with Crippen molar-refractivity contribution >= 4 is 25.6 Å². The highest BCUT2D eigenvalue weighted by Gasteiger charge is 2.32. The van der Waals surface area contributed by atoms with Crippen LogP contribution in [0.1, 0.15) is 12.0 Å². The second-order valence-corrected chi connectivity index (χ2v) is 7.68. The Morgan fingerprint density at radius 2 is 2.10 bits per heavy atom. The number of hydrogen-bond acceptors (Lipinski definition) is 4. The van der Waals surface area contributed by atoms with E-state index in [9.17, 15) is 13.2 Å². The summed E-state index contributed by atoms with van der Waals surface area (Å²) in [6.45, 7) is 0.824. The van der Waals surface area contributed by atoms with E-state index in [2.05, 4.69) is 0 Å². The first-order valence-corrected chi connectivity index (χ1v) is 8.69. The minimum absolute atomic E-state index is 0.0544. The van der Waals surface area contributed by atoms with Crippen LogP contribution in [0.3, 0.4) is 0 Å². The Kier molecular flexibility index (Phi) is 4.55. The molecule has 0 aliphatic carbocycles. The third kappa shape index (κ3) is 3.86. The number of nitrogens with zero attached hydrogens (tertiary/aromatic N) is 1. The van der Waals surface area contributed by atoms with Gasteiger partial charge in [0.25, 0.3) is 0 Å². The summed E-state index contributed by atoms with van der Waals surface area (Å²) in [6, 6.07) is 7.45. The number of ether oxygens (including phenoxy) is 1. The molecule has 1 heterocycles. The Bertz CT molecular complexity index is 602. The molecule has 2 rings (SSSR count). The largest absolute Gasteiger partial charge is 0.496 e. The van der Waals surface area contributed by atoms with Gasteiger partial charge in [0.05, 0.1) is 12.9 Å². The summed E-state index contributed by atoms with van der Waals surface area (Å²) < 4.78 is 27.4. The third-order valence-electron chi connectivity index (χ3n) is 3.28. The predicted molar refractivity (Wildman–Crippen MR) is 76.2 cm³/mol. The average Bonchev–Trinajstić information content (AvgIpc) is 2.68. The summed E-state index contributed by atoms with van der Waals surface area (Å²) in [5, 5.41) is 0. The molecule has 7 heteroatoms. The Balaban J connectivity index is 2.05. The van der Waals surface area contributed by atoms with E-state index < -0.39 is 9.05 Å². The summed E-state index contributed by atoms with van der Waals surface area (Å²) in [5.41, 5.74) is 0.901. The van der Waals surface area contributed by atoms with Gasteiger partial charge in [-0.3, -0.25) is 4.79 Å². The van der Waals surface area contributed by atoms with E-state index in [0.717, 1.165) is 5.56 Å². The van der Waals surface area contributed by atoms with Gasteiger partial charge < -0.3 is 9.64 Å². The number of likely N-dealkylation sites (tertiary alicyclic amines) is 1. The molecule has 110 valence electrons. The highest BCUT2D eigenvalue weighted by molar-refractivity contribution is 8.13. The van der Waals surface area contributed by atoms with E-state index in [-0.39, 0.29) is 24.0 Å². The Hall–Kier alpha value is -1.27. The Morgan fingerprint density at radius 1 is 1.40 bits per heavy atom. The molecule has 1 aliphatic heterocycles. The summed E-state index contributed by atoms with van der Waals surface area (Å²) >= 11 is 0. The van der Waals surface area contributed by atoms with Crippen LogP contribution in [-0.4, -0.2) is 38.6 Å². The molecule has 0 spiro atoms. The molecule has 5 nitrogen and oxygen atoms in total. The molecular weight excluding hydrogens is 302 g/mol. The van der Waals surface area contributed by atoms with Gasteiger partial charge in [0.15, 0.2) is 0 Å². The lowest BCUT2D eigenvalue weighted by atomic mass is 10.1. The molecule has 1 unspecified atom stereocenters. The number of para-hydroxylation sites is 1. The van der Waals surface area contributed by atoms with Crippen LogP contribution >= 0.6 is 10.7 Å². The van der Waals surface area contributed by atoms with E-state index in [4.69, 9.17) is 15.4 Å². The minimum atomic E-state index is -3.57. The van der Waals surface area contributed by atoms with Crippen LogP contribution in [-0.2, 0) is 20.4 Å². The molecule has 1 aromatic rings. The summed E-state index contributed by atoms with van der Waals surface area (Å²) in [7, 11) is 3.24. The van der Waals surface area contributed by atoms with Crippen molar-refractivity contribution in [1.29, 1.82) is 0 Å². The lowest BCUT2D eigenvalue weighted by Crippen LogP contribution is -2.25. The molecule has 1 aliphatic rings. The van der Waals surface area contributed by atoms with Crippen molar-refractivity contribution in [3.05, 3.63) is 29.8 Å². The number of halogens is 1. The standard InChI is InChI=1S/C13H16ClNO4S/c1-19-12-5-3-2-4-11(12)8-15-7-10(6-13(15)16)9-20(14,17)18/h2-5,10H,6-9H2,1H3. The molecule has 1 saturated heterocycles. The van der Waals surface area contributed by atoms with Crippen molar-refractivity contribution in [2.45, 2.75) is 13.0 Å². The fraction of sp³-hybridized carbons (Fsp3) is 0.462. The van der Waals surface area contributed by atoms with Gasteiger partial charge in [-0.1, -0.05) is 18.2 Å². The van der Waals surface area contributed by atoms with E-state index >= 15 is 0 Å². The average molecular weight is 318 g/mol. The molecule has 1 atom stereocenters. The van der Waals surface area contributed by atoms with Crippen molar-refractivity contribution < 1.29 is 17.9 Å². The smallest absolute Gasteiger partial charge is 0.232 e. The molecule has 1 amide bonds. The number of carbonyl (C=O) groups excluding carboxylic acids is 1. The summed E-state index contributed by atoms with van der Waals surface area (Å²) in [4.78, 5) is 13.6. The maximum atomic E-state index is 11.9. The molecule has 1 fully saturated rings. The number of methoxy groups -OCH3 is 1. The zero-order chi connectivity index (χ0) is 14.8. The van der Waals surface area contributed by atoms with Crippen LogP contribution in [0.5, 0.6) is 5.75 Å². The molecule has 0 aromatic heterocycles. The molecule has 1 aromatic carbocycles. The van der Waals surface area contributed by atoms with Gasteiger partial charge in [0.1, 0.15) is 5.75 Å². The van der Waals surface area contributed by atoms with Crippen LogP contribution in [0.25, 0.3) is 0 Å². The first-order chi connectivity index (χ1) is 9.39. The molecule has 0 saturated carbocycles. The van der Waals surface area contributed by atoms with Gasteiger partial charge in [0, 0.05) is 41.7 Å². The number of rotatable bonds is 5. The van der Waals surface area contributed by atoms with Gasteiger partial charge in [-0.05, 0) is 6.07 Å². The SMILES string of the molecule is COc1ccccc1CN1CC(CS(=O)(=O)Cl)CC1=O. The van der Waals surface area contributed by atoms with Gasteiger partial charge in [-0.2, -0.15) is 0 Å². The lowest BCUT2D eigenvalue weighted by Gasteiger charge is -2.18. The zero-order valence-corrected chi connectivity index (χ0v) is 12.7. The van der Waals surface area contributed by atoms with Crippen LogP contribution in [0.2, 0.25) is 0 Å². The molecule has 20 heavy (non-hydrogen) atoms. The zero-order valence-electron chi connectivity index (χ0n) is 11.1. The Labute approximate surface area is 122 Å². The summed E-state index contributed by atoms with van der Waals surface area (Å²) in [6.07, 6.45) is 0.223. The van der Waals surface area contributed by atoms with Crippen LogP contribution in [0.15, 0.2) is 24.3 Å². The quantitative estimate of drug-likeness (QED) is 0.774. The maximum absolute atomic E-state index is 11.9. The van der Waals surface area contributed by atoms with Gasteiger partial charge >= 0.3 is 0 Å². The Morgan fingerprint density at radius 3 is 2.75 bits per heavy atom. The second kappa shape index (κ2) is 6.01. The fourth-order valence-electron chi connectivity index (χ4n) is 2.44. The van der Waals surface area contributed by atoms with E-state index in [1.807, 2.05) is 24.3 Å².